The van der Waals surface area contributed by atoms with E-state index in [0.717, 1.165) is 0 Å². The summed E-state index contributed by atoms with van der Waals surface area (Å²) in [5.74, 6) is 0. The van der Waals surface area contributed by atoms with Gasteiger partial charge in [-0.2, -0.15) is 0 Å². The van der Waals surface area contributed by atoms with Crippen molar-refractivity contribution in [2.45, 2.75) is 19.4 Å². The zero-order valence-corrected chi connectivity index (χ0v) is 6.04. The van der Waals surface area contributed by atoms with Gasteiger partial charge in [0.05, 0.1) is 13.2 Å². The van der Waals surface area contributed by atoms with Crippen molar-refractivity contribution in [3.8, 4) is 0 Å². The molecule has 0 spiro atoms. The molecule has 0 aromatic heterocycles. The highest BCUT2D eigenvalue weighted by Crippen LogP contribution is 2.01. The van der Waals surface area contributed by atoms with E-state index in [-0.39, 0.29) is 6.29 Å². The van der Waals surface area contributed by atoms with Crippen molar-refractivity contribution in [1.82, 2.24) is 5.32 Å². The van der Waals surface area contributed by atoms with Gasteiger partial charge in [-0.25, -0.2) is 0 Å². The Labute approximate surface area is 60.1 Å². The second-order valence-electron chi connectivity index (χ2n) is 2.26. The van der Waals surface area contributed by atoms with E-state index in [1.54, 1.807) is 6.92 Å². The third-order valence-electron chi connectivity index (χ3n) is 1.27. The van der Waals surface area contributed by atoms with Crippen LogP contribution in [0.5, 0.6) is 0 Å². The fraction of sp³-hybridized carbons (Fsp3) is 1.00. The summed E-state index contributed by atoms with van der Waals surface area (Å²) in [5, 5.41) is 11.6. The van der Waals surface area contributed by atoms with Gasteiger partial charge in [0.25, 0.3) is 0 Å². The predicted octanol–water partition coefficient (Wildman–Crippen LogP) is -0.713. The summed E-state index contributed by atoms with van der Waals surface area (Å²) in [6.07, 6.45) is -0.664. The molecule has 0 saturated carbocycles. The maximum absolute atomic E-state index is 8.79. The highest BCUT2D eigenvalue weighted by molar-refractivity contribution is 4.55. The Morgan fingerprint density at radius 2 is 2.20 bits per heavy atom. The van der Waals surface area contributed by atoms with Crippen LogP contribution >= 0.6 is 0 Å². The van der Waals surface area contributed by atoms with Crippen molar-refractivity contribution >= 4 is 0 Å². The van der Waals surface area contributed by atoms with Gasteiger partial charge >= 0.3 is 0 Å². The number of hydrogen-bond donors (Lipinski definition) is 2. The fourth-order valence-electron chi connectivity index (χ4n) is 0.792. The Morgan fingerprint density at radius 3 is 2.70 bits per heavy atom. The van der Waals surface area contributed by atoms with Crippen LogP contribution in [0.2, 0.25) is 0 Å². The van der Waals surface area contributed by atoms with Crippen LogP contribution in [0.1, 0.15) is 6.92 Å². The van der Waals surface area contributed by atoms with Crippen LogP contribution in [0.4, 0.5) is 0 Å². The average Bonchev–Trinajstić information content (AvgIpc) is 2.34. The van der Waals surface area contributed by atoms with Gasteiger partial charge in [-0.05, 0) is 6.92 Å². The third kappa shape index (κ3) is 2.62. The molecule has 1 heterocycles. The van der Waals surface area contributed by atoms with Gasteiger partial charge in [0.2, 0.25) is 0 Å². The SMILES string of the molecule is CC(O)NCC1OCCO1. The zero-order chi connectivity index (χ0) is 7.40. The molecule has 1 aliphatic heterocycles. The van der Waals surface area contributed by atoms with Gasteiger partial charge in [-0.15, -0.1) is 0 Å². The highest BCUT2D eigenvalue weighted by atomic mass is 16.7. The number of rotatable bonds is 3. The van der Waals surface area contributed by atoms with Gasteiger partial charge in [0.1, 0.15) is 6.23 Å². The van der Waals surface area contributed by atoms with E-state index in [1.165, 1.54) is 0 Å². The van der Waals surface area contributed by atoms with Crippen LogP contribution in [0, 0.1) is 0 Å². The van der Waals surface area contributed by atoms with E-state index in [1.807, 2.05) is 0 Å². The molecule has 1 fully saturated rings. The van der Waals surface area contributed by atoms with Crippen LogP contribution in [0.15, 0.2) is 0 Å². The highest BCUT2D eigenvalue weighted by Gasteiger charge is 2.15. The molecule has 0 aromatic rings. The first-order valence-electron chi connectivity index (χ1n) is 3.43. The van der Waals surface area contributed by atoms with Crippen LogP contribution < -0.4 is 5.32 Å². The molecule has 4 nitrogen and oxygen atoms in total. The van der Waals surface area contributed by atoms with Gasteiger partial charge < -0.3 is 14.6 Å². The summed E-state index contributed by atoms with van der Waals surface area (Å²) in [6.45, 7) is 3.53. The normalized spacial score (nSPS) is 23.4. The quantitative estimate of drug-likeness (QED) is 0.518. The third-order valence-corrected chi connectivity index (χ3v) is 1.27. The summed E-state index contributed by atoms with van der Waals surface area (Å²) in [5.41, 5.74) is 0. The molecule has 0 bridgehead atoms. The monoisotopic (exact) mass is 147 g/mol. The van der Waals surface area contributed by atoms with Crippen LogP contribution in [-0.4, -0.2) is 37.4 Å². The molecule has 0 aliphatic carbocycles. The van der Waals surface area contributed by atoms with Crippen LogP contribution in [0.25, 0.3) is 0 Å². The number of nitrogens with one attached hydrogen (secondary N) is 1. The maximum Gasteiger partial charge on any atom is 0.170 e. The van der Waals surface area contributed by atoms with E-state index in [9.17, 15) is 0 Å². The molecule has 10 heavy (non-hydrogen) atoms. The summed E-state index contributed by atoms with van der Waals surface area (Å²) >= 11 is 0. The summed E-state index contributed by atoms with van der Waals surface area (Å²) < 4.78 is 10.2. The second kappa shape index (κ2) is 3.88. The van der Waals surface area contributed by atoms with E-state index in [4.69, 9.17) is 14.6 Å². The minimum atomic E-state index is -0.493. The smallest absolute Gasteiger partial charge is 0.170 e. The summed E-state index contributed by atoms with van der Waals surface area (Å²) in [6, 6.07) is 0. The van der Waals surface area contributed by atoms with E-state index >= 15 is 0 Å². The second-order valence-corrected chi connectivity index (χ2v) is 2.26. The Balaban J connectivity index is 2.01. The van der Waals surface area contributed by atoms with Crippen molar-refractivity contribution in [1.29, 1.82) is 0 Å². The molecular weight excluding hydrogens is 134 g/mol. The van der Waals surface area contributed by atoms with Gasteiger partial charge in [0, 0.05) is 6.54 Å². The molecular formula is C6H13NO3. The Kier molecular flexibility index (Phi) is 3.08. The standard InChI is InChI=1S/C6H13NO3/c1-5(8)7-4-6-9-2-3-10-6/h5-8H,2-4H2,1H3. The number of aliphatic hydroxyl groups is 1. The van der Waals surface area contributed by atoms with Crippen LogP contribution in [-0.2, 0) is 9.47 Å². The van der Waals surface area contributed by atoms with Crippen LogP contribution in [0.3, 0.4) is 0 Å². The number of aliphatic hydroxyl groups excluding tert-OH is 1. The molecule has 2 N–H and O–H groups in total. The largest absolute Gasteiger partial charge is 0.379 e. The van der Waals surface area contributed by atoms with Crippen molar-refractivity contribution < 1.29 is 14.6 Å². The predicted molar refractivity (Wildman–Crippen MR) is 35.4 cm³/mol. The van der Waals surface area contributed by atoms with Crippen molar-refractivity contribution in [3.63, 3.8) is 0 Å². The fourth-order valence-corrected chi connectivity index (χ4v) is 0.792. The lowest BCUT2D eigenvalue weighted by Crippen LogP contribution is -2.33. The zero-order valence-electron chi connectivity index (χ0n) is 6.04. The molecule has 1 atom stereocenters. The Bertz CT molecular complexity index is 91.0. The van der Waals surface area contributed by atoms with Crippen molar-refractivity contribution in [3.05, 3.63) is 0 Å². The van der Waals surface area contributed by atoms with Crippen molar-refractivity contribution in [2.75, 3.05) is 19.8 Å². The lowest BCUT2D eigenvalue weighted by molar-refractivity contribution is -0.0466. The molecule has 1 rings (SSSR count). The van der Waals surface area contributed by atoms with E-state index < -0.39 is 6.23 Å². The first-order valence-corrected chi connectivity index (χ1v) is 3.43. The summed E-state index contributed by atoms with van der Waals surface area (Å²) in [4.78, 5) is 0. The number of hydrogen-bond acceptors (Lipinski definition) is 4. The molecule has 1 aliphatic rings. The Hall–Kier alpha value is -0.160. The average molecular weight is 147 g/mol. The van der Waals surface area contributed by atoms with E-state index in [2.05, 4.69) is 5.32 Å². The first kappa shape index (κ1) is 7.94. The molecule has 60 valence electrons. The lowest BCUT2D eigenvalue weighted by Gasteiger charge is -2.11. The number of ether oxygens (including phenoxy) is 2. The lowest BCUT2D eigenvalue weighted by atomic mass is 10.5. The Morgan fingerprint density at radius 1 is 1.60 bits per heavy atom. The summed E-state index contributed by atoms with van der Waals surface area (Å²) in [7, 11) is 0. The minimum absolute atomic E-state index is 0.172. The van der Waals surface area contributed by atoms with Gasteiger partial charge in [0.15, 0.2) is 6.29 Å². The first-order chi connectivity index (χ1) is 4.79. The van der Waals surface area contributed by atoms with Crippen molar-refractivity contribution in [2.24, 2.45) is 0 Å². The van der Waals surface area contributed by atoms with Gasteiger partial charge in [-0.3, -0.25) is 5.32 Å². The molecule has 0 aromatic carbocycles. The van der Waals surface area contributed by atoms with E-state index in [0.29, 0.717) is 19.8 Å². The topological polar surface area (TPSA) is 50.7 Å². The minimum Gasteiger partial charge on any atom is -0.379 e. The molecule has 4 heteroatoms. The molecule has 1 unspecified atom stereocenters. The molecule has 1 saturated heterocycles. The maximum atomic E-state index is 8.79. The van der Waals surface area contributed by atoms with Gasteiger partial charge in [-0.1, -0.05) is 0 Å². The molecule has 0 radical (unpaired) electrons. The molecule has 0 amide bonds.